The van der Waals surface area contributed by atoms with Crippen LogP contribution >= 0.6 is 0 Å². The lowest BCUT2D eigenvalue weighted by atomic mass is 10.1. The van der Waals surface area contributed by atoms with Crippen molar-refractivity contribution in [2.45, 2.75) is 45.0 Å². The Bertz CT molecular complexity index is 228. The predicted molar refractivity (Wildman–Crippen MR) is 55.5 cm³/mol. The molecular formula is C10H19FN2O2. The van der Waals surface area contributed by atoms with Crippen LogP contribution in [0.2, 0.25) is 0 Å². The van der Waals surface area contributed by atoms with Gasteiger partial charge in [-0.2, -0.15) is 0 Å². The minimum absolute atomic E-state index is 0.431. The van der Waals surface area contributed by atoms with E-state index in [1.54, 1.807) is 20.8 Å². The Balaban J connectivity index is 2.36. The van der Waals surface area contributed by atoms with Crippen molar-refractivity contribution in [1.29, 1.82) is 0 Å². The van der Waals surface area contributed by atoms with Gasteiger partial charge in [-0.25, -0.2) is 9.18 Å². The van der Waals surface area contributed by atoms with Crippen LogP contribution in [0.5, 0.6) is 0 Å². The summed E-state index contributed by atoms with van der Waals surface area (Å²) in [4.78, 5) is 11.3. The van der Waals surface area contributed by atoms with E-state index in [1.807, 2.05) is 0 Å². The molecular weight excluding hydrogens is 199 g/mol. The molecule has 88 valence electrons. The number of rotatable bonds is 1. The van der Waals surface area contributed by atoms with Gasteiger partial charge < -0.3 is 15.4 Å². The lowest BCUT2D eigenvalue weighted by molar-refractivity contribution is 0.0459. The van der Waals surface area contributed by atoms with Gasteiger partial charge in [-0.3, -0.25) is 0 Å². The summed E-state index contributed by atoms with van der Waals surface area (Å²) in [5, 5.41) is 5.55. The van der Waals surface area contributed by atoms with Gasteiger partial charge in [0.1, 0.15) is 11.8 Å². The minimum Gasteiger partial charge on any atom is -0.444 e. The molecule has 2 N–H and O–H groups in total. The molecule has 1 fully saturated rings. The monoisotopic (exact) mass is 218 g/mol. The zero-order valence-corrected chi connectivity index (χ0v) is 9.47. The van der Waals surface area contributed by atoms with Gasteiger partial charge in [0.25, 0.3) is 0 Å². The first-order valence-electron chi connectivity index (χ1n) is 5.23. The number of ether oxygens (including phenoxy) is 1. The van der Waals surface area contributed by atoms with Crippen LogP contribution in [0.25, 0.3) is 0 Å². The van der Waals surface area contributed by atoms with Crippen LogP contribution in [0.4, 0.5) is 9.18 Å². The molecule has 1 amide bonds. The SMILES string of the molecule is CC(C)(C)OC(=O)N[C@H]1CNCC[C@H]1F. The summed E-state index contributed by atoms with van der Waals surface area (Å²) in [6.45, 7) is 6.45. The summed E-state index contributed by atoms with van der Waals surface area (Å²) in [6.07, 6.45) is -1.11. The number of nitrogens with one attached hydrogen (secondary N) is 2. The summed E-state index contributed by atoms with van der Waals surface area (Å²) < 4.78 is 18.4. The summed E-state index contributed by atoms with van der Waals surface area (Å²) in [5.41, 5.74) is -0.544. The van der Waals surface area contributed by atoms with Crippen molar-refractivity contribution in [2.24, 2.45) is 0 Å². The van der Waals surface area contributed by atoms with E-state index in [-0.39, 0.29) is 0 Å². The van der Waals surface area contributed by atoms with Gasteiger partial charge in [0, 0.05) is 6.54 Å². The quantitative estimate of drug-likeness (QED) is 0.695. The van der Waals surface area contributed by atoms with Crippen LogP contribution in [0.15, 0.2) is 0 Å². The number of alkyl carbamates (subject to hydrolysis) is 1. The van der Waals surface area contributed by atoms with Crippen LogP contribution in [-0.2, 0) is 4.74 Å². The van der Waals surface area contributed by atoms with Crippen LogP contribution < -0.4 is 10.6 Å². The Labute approximate surface area is 89.6 Å². The smallest absolute Gasteiger partial charge is 0.408 e. The lowest BCUT2D eigenvalue weighted by Gasteiger charge is -2.28. The molecule has 15 heavy (non-hydrogen) atoms. The fourth-order valence-corrected chi connectivity index (χ4v) is 1.43. The van der Waals surface area contributed by atoms with Gasteiger partial charge >= 0.3 is 6.09 Å². The number of halogens is 1. The number of alkyl halides is 1. The minimum atomic E-state index is -0.987. The fraction of sp³-hybridized carbons (Fsp3) is 0.900. The van der Waals surface area contributed by atoms with Crippen molar-refractivity contribution in [3.8, 4) is 0 Å². The summed E-state index contributed by atoms with van der Waals surface area (Å²) >= 11 is 0. The molecule has 1 saturated heterocycles. The number of piperidine rings is 1. The first-order valence-corrected chi connectivity index (χ1v) is 5.23. The van der Waals surface area contributed by atoms with E-state index in [4.69, 9.17) is 4.74 Å². The van der Waals surface area contributed by atoms with E-state index >= 15 is 0 Å². The Kier molecular flexibility index (Phi) is 3.90. The number of hydrogen-bond acceptors (Lipinski definition) is 3. The van der Waals surface area contributed by atoms with E-state index in [0.29, 0.717) is 19.5 Å². The van der Waals surface area contributed by atoms with Crippen molar-refractivity contribution < 1.29 is 13.9 Å². The second kappa shape index (κ2) is 4.79. The summed E-state index contributed by atoms with van der Waals surface area (Å²) in [7, 11) is 0. The second-order valence-electron chi connectivity index (χ2n) is 4.76. The highest BCUT2D eigenvalue weighted by atomic mass is 19.1. The third-order valence-electron chi connectivity index (χ3n) is 2.10. The van der Waals surface area contributed by atoms with Crippen LogP contribution in [0, 0.1) is 0 Å². The van der Waals surface area contributed by atoms with Gasteiger partial charge in [-0.05, 0) is 33.7 Å². The molecule has 1 heterocycles. The highest BCUT2D eigenvalue weighted by Crippen LogP contribution is 2.10. The number of amides is 1. The molecule has 0 saturated carbocycles. The Hall–Kier alpha value is -0.840. The second-order valence-corrected chi connectivity index (χ2v) is 4.76. The van der Waals surface area contributed by atoms with Crippen LogP contribution in [0.3, 0.4) is 0 Å². The predicted octanol–water partition coefficient (Wildman–Crippen LogP) is 1.21. The molecule has 4 nitrogen and oxygen atoms in total. The molecule has 0 bridgehead atoms. The zero-order valence-electron chi connectivity index (χ0n) is 9.47. The average Bonchev–Trinajstić information content (AvgIpc) is 2.05. The van der Waals surface area contributed by atoms with Crippen molar-refractivity contribution in [3.05, 3.63) is 0 Å². The molecule has 0 aromatic rings. The third-order valence-corrected chi connectivity index (χ3v) is 2.10. The molecule has 0 spiro atoms. The van der Waals surface area contributed by atoms with E-state index in [9.17, 15) is 9.18 Å². The van der Waals surface area contributed by atoms with Gasteiger partial charge in [-0.15, -0.1) is 0 Å². The Morgan fingerprint density at radius 3 is 2.73 bits per heavy atom. The molecule has 1 aliphatic heterocycles. The highest BCUT2D eigenvalue weighted by Gasteiger charge is 2.27. The molecule has 1 rings (SSSR count). The topological polar surface area (TPSA) is 50.4 Å². The maximum Gasteiger partial charge on any atom is 0.408 e. The van der Waals surface area contributed by atoms with Crippen molar-refractivity contribution in [2.75, 3.05) is 13.1 Å². The molecule has 0 unspecified atom stereocenters. The van der Waals surface area contributed by atoms with E-state index in [0.717, 1.165) is 0 Å². The van der Waals surface area contributed by atoms with Crippen molar-refractivity contribution in [3.63, 3.8) is 0 Å². The standard InChI is InChI=1S/C10H19FN2O2/c1-10(2,3)15-9(14)13-8-6-12-5-4-7(8)11/h7-8,12H,4-6H2,1-3H3,(H,13,14)/t7-,8+/m1/s1. The lowest BCUT2D eigenvalue weighted by Crippen LogP contribution is -2.53. The Morgan fingerprint density at radius 1 is 1.53 bits per heavy atom. The summed E-state index contributed by atoms with van der Waals surface area (Å²) in [5.74, 6) is 0. The molecule has 0 aromatic carbocycles. The highest BCUT2D eigenvalue weighted by molar-refractivity contribution is 5.68. The first-order chi connectivity index (χ1) is 6.88. The van der Waals surface area contributed by atoms with Gasteiger partial charge in [0.2, 0.25) is 0 Å². The normalized spacial score (nSPS) is 27.2. The largest absolute Gasteiger partial charge is 0.444 e. The maximum absolute atomic E-state index is 13.3. The average molecular weight is 218 g/mol. The first kappa shape index (κ1) is 12.2. The van der Waals surface area contributed by atoms with Crippen molar-refractivity contribution in [1.82, 2.24) is 10.6 Å². The Morgan fingerprint density at radius 2 is 2.20 bits per heavy atom. The van der Waals surface area contributed by atoms with Gasteiger partial charge in [-0.1, -0.05) is 0 Å². The van der Waals surface area contributed by atoms with Crippen LogP contribution in [0.1, 0.15) is 27.2 Å². The molecule has 2 atom stereocenters. The van der Waals surface area contributed by atoms with Crippen molar-refractivity contribution >= 4 is 6.09 Å². The van der Waals surface area contributed by atoms with Crippen LogP contribution in [-0.4, -0.2) is 37.0 Å². The number of carbonyl (C=O) groups excluding carboxylic acids is 1. The van der Waals surface area contributed by atoms with E-state index in [2.05, 4.69) is 10.6 Å². The van der Waals surface area contributed by atoms with Gasteiger partial charge in [0.15, 0.2) is 0 Å². The number of carbonyl (C=O) groups is 1. The van der Waals surface area contributed by atoms with E-state index < -0.39 is 23.9 Å². The third kappa shape index (κ3) is 4.46. The van der Waals surface area contributed by atoms with Gasteiger partial charge in [0.05, 0.1) is 6.04 Å². The fourth-order valence-electron chi connectivity index (χ4n) is 1.43. The molecule has 1 aliphatic rings. The molecule has 5 heteroatoms. The molecule has 0 aromatic heterocycles. The molecule has 0 aliphatic carbocycles. The maximum atomic E-state index is 13.3. The summed E-state index contributed by atoms with van der Waals surface area (Å²) in [6, 6.07) is -0.478. The number of hydrogen-bond donors (Lipinski definition) is 2. The zero-order chi connectivity index (χ0) is 11.5. The molecule has 0 radical (unpaired) electrons. The van der Waals surface area contributed by atoms with E-state index in [1.165, 1.54) is 0 Å².